The van der Waals surface area contributed by atoms with Crippen molar-refractivity contribution in [2.24, 2.45) is 0 Å². The summed E-state index contributed by atoms with van der Waals surface area (Å²) in [5.41, 5.74) is 1.04. The number of benzene rings is 1. The van der Waals surface area contributed by atoms with Crippen molar-refractivity contribution < 1.29 is 28.5 Å². The maximum atomic E-state index is 12.7. The van der Waals surface area contributed by atoms with Gasteiger partial charge in [0, 0.05) is 52.2 Å². The third-order valence-corrected chi connectivity index (χ3v) is 5.87. The molecule has 0 N–H and O–H groups in total. The molecule has 2 aliphatic heterocycles. The number of fused-ring (bicyclic) bond motifs is 1. The van der Waals surface area contributed by atoms with Crippen LogP contribution < -0.4 is 9.47 Å². The van der Waals surface area contributed by atoms with E-state index in [1.54, 1.807) is 11.8 Å². The summed E-state index contributed by atoms with van der Waals surface area (Å²) in [6.45, 7) is 10.7. The molecular weight excluding hydrogens is 414 g/mol. The summed E-state index contributed by atoms with van der Waals surface area (Å²) in [7, 11) is 2.09. The molecule has 0 aliphatic carbocycles. The second-order valence-electron chi connectivity index (χ2n) is 8.36. The zero-order chi connectivity index (χ0) is 23.1. The van der Waals surface area contributed by atoms with Gasteiger partial charge in [-0.1, -0.05) is 6.07 Å². The standard InChI is InChI=1S/C23H35N3O6/c1-5-26(17(2)14-19-6-7-20-21(15-19)30-16-29-20)23(28)32-18(3)31-22(27)8-9-25-12-10-24(4)11-13-25/h6-7,15,17-18H,5,8-14,16H2,1-4H3. The van der Waals surface area contributed by atoms with Crippen LogP contribution >= 0.6 is 0 Å². The Bertz CT molecular complexity index is 781. The summed E-state index contributed by atoms with van der Waals surface area (Å²) in [5.74, 6) is 1.09. The fourth-order valence-electron chi connectivity index (χ4n) is 3.94. The molecular formula is C23H35N3O6. The molecule has 2 atom stereocenters. The largest absolute Gasteiger partial charge is 0.454 e. The van der Waals surface area contributed by atoms with E-state index in [1.807, 2.05) is 32.0 Å². The molecule has 1 saturated heterocycles. The van der Waals surface area contributed by atoms with E-state index in [2.05, 4.69) is 16.8 Å². The van der Waals surface area contributed by atoms with E-state index in [9.17, 15) is 9.59 Å². The molecule has 2 aliphatic rings. The van der Waals surface area contributed by atoms with Crippen LogP contribution in [0, 0.1) is 0 Å². The molecule has 9 nitrogen and oxygen atoms in total. The van der Waals surface area contributed by atoms with Gasteiger partial charge in [-0.05, 0) is 45.0 Å². The summed E-state index contributed by atoms with van der Waals surface area (Å²) in [5, 5.41) is 0. The van der Waals surface area contributed by atoms with Crippen molar-refractivity contribution >= 4 is 12.1 Å². The van der Waals surface area contributed by atoms with Crippen LogP contribution in [0.2, 0.25) is 0 Å². The van der Waals surface area contributed by atoms with Crippen molar-refractivity contribution in [3.8, 4) is 11.5 Å². The van der Waals surface area contributed by atoms with Crippen LogP contribution in [-0.4, -0.2) is 92.2 Å². The first-order valence-corrected chi connectivity index (χ1v) is 11.3. The van der Waals surface area contributed by atoms with Gasteiger partial charge in [0.15, 0.2) is 11.5 Å². The maximum absolute atomic E-state index is 12.7. The first-order chi connectivity index (χ1) is 15.4. The first-order valence-electron chi connectivity index (χ1n) is 11.3. The summed E-state index contributed by atoms with van der Waals surface area (Å²) in [4.78, 5) is 31.0. The zero-order valence-electron chi connectivity index (χ0n) is 19.5. The topological polar surface area (TPSA) is 80.8 Å². The van der Waals surface area contributed by atoms with Crippen LogP contribution in [0.1, 0.15) is 32.8 Å². The van der Waals surface area contributed by atoms with E-state index in [0.717, 1.165) is 43.2 Å². The predicted octanol–water partition coefficient (Wildman–Crippen LogP) is 2.33. The minimum Gasteiger partial charge on any atom is -0.454 e. The number of piperazine rings is 1. The second kappa shape index (κ2) is 11.4. The van der Waals surface area contributed by atoms with E-state index in [1.165, 1.54) is 0 Å². The highest BCUT2D eigenvalue weighted by atomic mass is 16.7. The van der Waals surface area contributed by atoms with Gasteiger partial charge in [0.05, 0.1) is 6.42 Å². The lowest BCUT2D eigenvalue weighted by atomic mass is 10.1. The number of esters is 1. The van der Waals surface area contributed by atoms with Crippen molar-refractivity contribution in [2.45, 2.75) is 45.9 Å². The molecule has 1 amide bonds. The van der Waals surface area contributed by atoms with E-state index < -0.39 is 12.4 Å². The third-order valence-electron chi connectivity index (χ3n) is 5.87. The minimum absolute atomic E-state index is 0.104. The molecule has 1 fully saturated rings. The van der Waals surface area contributed by atoms with E-state index in [0.29, 0.717) is 19.5 Å². The number of nitrogens with zero attached hydrogens (tertiary/aromatic N) is 3. The van der Waals surface area contributed by atoms with Crippen LogP contribution in [0.25, 0.3) is 0 Å². The van der Waals surface area contributed by atoms with E-state index >= 15 is 0 Å². The third kappa shape index (κ3) is 6.74. The van der Waals surface area contributed by atoms with Gasteiger partial charge in [-0.15, -0.1) is 0 Å². The molecule has 2 unspecified atom stereocenters. The number of hydrogen-bond donors (Lipinski definition) is 0. The average Bonchev–Trinajstić information content (AvgIpc) is 3.21. The second-order valence-corrected chi connectivity index (χ2v) is 8.36. The Morgan fingerprint density at radius 1 is 1.09 bits per heavy atom. The zero-order valence-corrected chi connectivity index (χ0v) is 19.5. The van der Waals surface area contributed by atoms with Crippen molar-refractivity contribution in [1.29, 1.82) is 0 Å². The SMILES string of the molecule is CCN(C(=O)OC(C)OC(=O)CCN1CCN(C)CC1)C(C)Cc1ccc2c(c1)OCO2. The number of carbonyl (C=O) groups is 2. The van der Waals surface area contributed by atoms with Crippen LogP contribution in [-0.2, 0) is 20.7 Å². The normalized spacial score (nSPS) is 18.1. The lowest BCUT2D eigenvalue weighted by Gasteiger charge is -2.32. The van der Waals surface area contributed by atoms with Gasteiger partial charge in [0.25, 0.3) is 0 Å². The van der Waals surface area contributed by atoms with Crippen molar-refractivity contribution in [1.82, 2.24) is 14.7 Å². The fourth-order valence-corrected chi connectivity index (χ4v) is 3.94. The van der Waals surface area contributed by atoms with Gasteiger partial charge in [0.2, 0.25) is 13.1 Å². The van der Waals surface area contributed by atoms with Crippen LogP contribution in [0.5, 0.6) is 11.5 Å². The Morgan fingerprint density at radius 3 is 2.53 bits per heavy atom. The van der Waals surface area contributed by atoms with Gasteiger partial charge in [0.1, 0.15) is 0 Å². The van der Waals surface area contributed by atoms with Crippen molar-refractivity contribution in [3.63, 3.8) is 0 Å². The number of carbonyl (C=O) groups excluding carboxylic acids is 2. The summed E-state index contributed by atoms with van der Waals surface area (Å²) in [6.07, 6.45) is -0.517. The number of likely N-dealkylation sites (N-methyl/N-ethyl adjacent to an activating group) is 2. The number of amides is 1. The van der Waals surface area contributed by atoms with Gasteiger partial charge in [-0.3, -0.25) is 4.79 Å². The summed E-state index contributed by atoms with van der Waals surface area (Å²) in [6, 6.07) is 5.67. The van der Waals surface area contributed by atoms with Gasteiger partial charge in [-0.25, -0.2) is 4.79 Å². The molecule has 0 radical (unpaired) electrons. The smallest absolute Gasteiger partial charge is 0.413 e. The molecule has 2 heterocycles. The molecule has 9 heteroatoms. The lowest BCUT2D eigenvalue weighted by Crippen LogP contribution is -2.45. The Kier molecular flexibility index (Phi) is 8.58. The Labute approximate surface area is 190 Å². The monoisotopic (exact) mass is 449 g/mol. The number of hydrogen-bond acceptors (Lipinski definition) is 8. The molecule has 0 saturated carbocycles. The molecule has 32 heavy (non-hydrogen) atoms. The summed E-state index contributed by atoms with van der Waals surface area (Å²) < 4.78 is 21.5. The average molecular weight is 450 g/mol. The van der Waals surface area contributed by atoms with Gasteiger partial charge in [-0.2, -0.15) is 0 Å². The Balaban J connectivity index is 1.42. The Hall–Kier alpha value is -2.52. The molecule has 0 spiro atoms. The molecule has 1 aromatic carbocycles. The molecule has 0 bridgehead atoms. The highest BCUT2D eigenvalue weighted by Gasteiger charge is 2.24. The van der Waals surface area contributed by atoms with Crippen molar-refractivity contribution in [3.05, 3.63) is 23.8 Å². The highest BCUT2D eigenvalue weighted by Crippen LogP contribution is 2.33. The molecule has 1 aromatic rings. The molecule has 3 rings (SSSR count). The molecule has 178 valence electrons. The fraction of sp³-hybridized carbons (Fsp3) is 0.652. The van der Waals surface area contributed by atoms with Gasteiger partial charge < -0.3 is 33.6 Å². The maximum Gasteiger partial charge on any atom is 0.413 e. The van der Waals surface area contributed by atoms with Crippen LogP contribution in [0.3, 0.4) is 0 Å². The van der Waals surface area contributed by atoms with Crippen LogP contribution in [0.15, 0.2) is 18.2 Å². The number of rotatable bonds is 9. The van der Waals surface area contributed by atoms with E-state index in [-0.39, 0.29) is 25.2 Å². The highest BCUT2D eigenvalue weighted by molar-refractivity contribution is 5.71. The van der Waals surface area contributed by atoms with Gasteiger partial charge >= 0.3 is 12.1 Å². The number of ether oxygens (including phenoxy) is 4. The minimum atomic E-state index is -0.936. The van der Waals surface area contributed by atoms with E-state index in [4.69, 9.17) is 18.9 Å². The Morgan fingerprint density at radius 2 is 1.81 bits per heavy atom. The molecule has 0 aromatic heterocycles. The summed E-state index contributed by atoms with van der Waals surface area (Å²) >= 11 is 0. The van der Waals surface area contributed by atoms with Crippen LogP contribution in [0.4, 0.5) is 4.79 Å². The lowest BCUT2D eigenvalue weighted by molar-refractivity contribution is -0.166. The first kappa shape index (κ1) is 24.1. The predicted molar refractivity (Wildman–Crippen MR) is 119 cm³/mol. The van der Waals surface area contributed by atoms with Crippen molar-refractivity contribution in [2.75, 3.05) is 53.1 Å². The quantitative estimate of drug-likeness (QED) is 0.420.